The van der Waals surface area contributed by atoms with Gasteiger partial charge < -0.3 is 9.63 Å². The van der Waals surface area contributed by atoms with Gasteiger partial charge in [0.15, 0.2) is 5.82 Å². The molecule has 0 saturated heterocycles. The normalized spacial score (nSPS) is 13.2. The van der Waals surface area contributed by atoms with Crippen molar-refractivity contribution in [2.75, 3.05) is 0 Å². The van der Waals surface area contributed by atoms with Crippen molar-refractivity contribution in [1.82, 2.24) is 10.1 Å². The lowest BCUT2D eigenvalue weighted by molar-refractivity contribution is 0.184. The molecular weight excluding hydrogens is 168 g/mol. The summed E-state index contributed by atoms with van der Waals surface area (Å²) in [5.41, 5.74) is 0. The fourth-order valence-corrected chi connectivity index (χ4v) is 1.07. The molecule has 1 heterocycles. The highest BCUT2D eigenvalue weighted by molar-refractivity contribution is 4.88. The number of aromatic nitrogens is 2. The van der Waals surface area contributed by atoms with E-state index in [1.54, 1.807) is 6.92 Å². The Kier molecular flexibility index (Phi) is 3.89. The SMILES string of the molecule is CCCCCc1nc(C(C)O)no1. The number of hydrogen-bond donors (Lipinski definition) is 1. The average molecular weight is 184 g/mol. The molecule has 1 aromatic rings. The average Bonchev–Trinajstić information content (AvgIpc) is 2.53. The van der Waals surface area contributed by atoms with Crippen molar-refractivity contribution in [3.05, 3.63) is 11.7 Å². The molecule has 1 aromatic heterocycles. The van der Waals surface area contributed by atoms with Crippen molar-refractivity contribution in [3.8, 4) is 0 Å². The molecule has 0 aromatic carbocycles. The van der Waals surface area contributed by atoms with E-state index >= 15 is 0 Å². The zero-order valence-corrected chi connectivity index (χ0v) is 8.16. The topological polar surface area (TPSA) is 59.2 Å². The molecule has 0 aliphatic carbocycles. The van der Waals surface area contributed by atoms with Crippen molar-refractivity contribution in [3.63, 3.8) is 0 Å². The minimum atomic E-state index is -0.635. The first-order valence-electron chi connectivity index (χ1n) is 4.74. The molecule has 4 heteroatoms. The summed E-state index contributed by atoms with van der Waals surface area (Å²) in [7, 11) is 0. The Morgan fingerprint density at radius 1 is 1.46 bits per heavy atom. The maximum atomic E-state index is 9.12. The summed E-state index contributed by atoms with van der Waals surface area (Å²) in [4.78, 5) is 4.05. The quantitative estimate of drug-likeness (QED) is 0.709. The first-order valence-corrected chi connectivity index (χ1v) is 4.74. The van der Waals surface area contributed by atoms with Crippen molar-refractivity contribution < 1.29 is 9.63 Å². The second kappa shape index (κ2) is 4.97. The zero-order valence-electron chi connectivity index (χ0n) is 8.16. The van der Waals surface area contributed by atoms with E-state index in [-0.39, 0.29) is 0 Å². The first-order chi connectivity index (χ1) is 6.24. The van der Waals surface area contributed by atoms with Crippen molar-refractivity contribution >= 4 is 0 Å². The highest BCUT2D eigenvalue weighted by Gasteiger charge is 2.09. The number of unbranched alkanes of at least 4 members (excludes halogenated alkanes) is 2. The molecule has 0 bridgehead atoms. The number of nitrogens with zero attached hydrogens (tertiary/aromatic N) is 2. The summed E-state index contributed by atoms with van der Waals surface area (Å²) in [6.45, 7) is 3.77. The van der Waals surface area contributed by atoms with Crippen LogP contribution in [-0.2, 0) is 6.42 Å². The van der Waals surface area contributed by atoms with Crippen molar-refractivity contribution in [2.24, 2.45) is 0 Å². The monoisotopic (exact) mass is 184 g/mol. The Bertz CT molecular complexity index is 246. The van der Waals surface area contributed by atoms with Crippen LogP contribution in [0, 0.1) is 0 Å². The van der Waals surface area contributed by atoms with E-state index in [0.29, 0.717) is 11.7 Å². The van der Waals surface area contributed by atoms with Gasteiger partial charge in [-0.15, -0.1) is 0 Å². The van der Waals surface area contributed by atoms with E-state index in [1.807, 2.05) is 0 Å². The van der Waals surface area contributed by atoms with Crippen LogP contribution in [0.25, 0.3) is 0 Å². The molecule has 1 rings (SSSR count). The standard InChI is InChI=1S/C9H16N2O2/c1-3-4-5-6-8-10-9(7(2)12)11-13-8/h7,12H,3-6H2,1-2H3. The highest BCUT2D eigenvalue weighted by Crippen LogP contribution is 2.09. The van der Waals surface area contributed by atoms with Gasteiger partial charge in [-0.3, -0.25) is 0 Å². The summed E-state index contributed by atoms with van der Waals surface area (Å²) in [5.74, 6) is 1.01. The van der Waals surface area contributed by atoms with Gasteiger partial charge in [0, 0.05) is 6.42 Å². The van der Waals surface area contributed by atoms with Gasteiger partial charge in [-0.1, -0.05) is 24.9 Å². The minimum absolute atomic E-state index is 0.381. The molecule has 0 aliphatic heterocycles. The molecule has 1 N–H and O–H groups in total. The van der Waals surface area contributed by atoms with E-state index in [4.69, 9.17) is 9.63 Å². The Morgan fingerprint density at radius 2 is 2.23 bits per heavy atom. The van der Waals surface area contributed by atoms with Crippen molar-refractivity contribution in [1.29, 1.82) is 0 Å². The Labute approximate surface area is 78.0 Å². The molecule has 1 unspecified atom stereocenters. The third kappa shape index (κ3) is 3.14. The second-order valence-electron chi connectivity index (χ2n) is 3.18. The molecular formula is C9H16N2O2. The van der Waals surface area contributed by atoms with Gasteiger partial charge in [0.25, 0.3) is 0 Å². The summed E-state index contributed by atoms with van der Waals surface area (Å²) < 4.78 is 4.95. The largest absolute Gasteiger partial charge is 0.385 e. The molecule has 13 heavy (non-hydrogen) atoms. The highest BCUT2D eigenvalue weighted by atomic mass is 16.5. The number of aryl methyl sites for hydroxylation is 1. The molecule has 1 atom stereocenters. The van der Waals surface area contributed by atoms with E-state index in [2.05, 4.69) is 17.1 Å². The van der Waals surface area contributed by atoms with E-state index in [0.717, 1.165) is 12.8 Å². The van der Waals surface area contributed by atoms with Gasteiger partial charge in [-0.2, -0.15) is 4.98 Å². The minimum Gasteiger partial charge on any atom is -0.385 e. The lowest BCUT2D eigenvalue weighted by atomic mass is 10.2. The lowest BCUT2D eigenvalue weighted by Gasteiger charge is -1.93. The van der Waals surface area contributed by atoms with Gasteiger partial charge >= 0.3 is 0 Å². The maximum Gasteiger partial charge on any atom is 0.226 e. The lowest BCUT2D eigenvalue weighted by Crippen LogP contribution is -1.94. The molecule has 0 aliphatic rings. The van der Waals surface area contributed by atoms with Crippen LogP contribution >= 0.6 is 0 Å². The molecule has 4 nitrogen and oxygen atoms in total. The van der Waals surface area contributed by atoms with Crippen LogP contribution in [0.5, 0.6) is 0 Å². The van der Waals surface area contributed by atoms with Crippen LogP contribution in [0.1, 0.15) is 50.9 Å². The molecule has 0 amide bonds. The first kappa shape index (κ1) is 10.2. The second-order valence-corrected chi connectivity index (χ2v) is 3.18. The number of aliphatic hydroxyl groups excluding tert-OH is 1. The smallest absolute Gasteiger partial charge is 0.226 e. The van der Waals surface area contributed by atoms with E-state index in [1.165, 1.54) is 12.8 Å². The Morgan fingerprint density at radius 3 is 2.77 bits per heavy atom. The van der Waals surface area contributed by atoms with Gasteiger partial charge in [0.2, 0.25) is 5.89 Å². The van der Waals surface area contributed by atoms with Crippen LogP contribution < -0.4 is 0 Å². The van der Waals surface area contributed by atoms with Gasteiger partial charge in [-0.25, -0.2) is 0 Å². The molecule has 0 radical (unpaired) electrons. The molecule has 74 valence electrons. The zero-order chi connectivity index (χ0) is 9.68. The summed E-state index contributed by atoms with van der Waals surface area (Å²) in [5, 5.41) is 12.8. The van der Waals surface area contributed by atoms with Crippen molar-refractivity contribution in [2.45, 2.75) is 45.6 Å². The molecule has 0 saturated carbocycles. The number of hydrogen-bond acceptors (Lipinski definition) is 4. The van der Waals surface area contributed by atoms with Crippen LogP contribution in [-0.4, -0.2) is 15.2 Å². The summed E-state index contributed by atoms with van der Waals surface area (Å²) in [6.07, 6.45) is 3.60. The van der Waals surface area contributed by atoms with Crippen LogP contribution in [0.2, 0.25) is 0 Å². The molecule has 0 fully saturated rings. The van der Waals surface area contributed by atoms with Gasteiger partial charge in [-0.05, 0) is 13.3 Å². The van der Waals surface area contributed by atoms with Crippen LogP contribution in [0.3, 0.4) is 0 Å². The van der Waals surface area contributed by atoms with Gasteiger partial charge in [0.1, 0.15) is 6.10 Å². The number of rotatable bonds is 5. The fraction of sp³-hybridized carbons (Fsp3) is 0.778. The van der Waals surface area contributed by atoms with Crippen LogP contribution in [0.15, 0.2) is 4.52 Å². The third-order valence-electron chi connectivity index (χ3n) is 1.85. The predicted molar refractivity (Wildman–Crippen MR) is 48.2 cm³/mol. The van der Waals surface area contributed by atoms with E-state index < -0.39 is 6.10 Å². The summed E-state index contributed by atoms with van der Waals surface area (Å²) in [6, 6.07) is 0. The van der Waals surface area contributed by atoms with Gasteiger partial charge in [0.05, 0.1) is 0 Å². The fourth-order valence-electron chi connectivity index (χ4n) is 1.07. The maximum absolute atomic E-state index is 9.12. The third-order valence-corrected chi connectivity index (χ3v) is 1.85. The number of aliphatic hydroxyl groups is 1. The summed E-state index contributed by atoms with van der Waals surface area (Å²) >= 11 is 0. The van der Waals surface area contributed by atoms with Crippen LogP contribution in [0.4, 0.5) is 0 Å². The Hall–Kier alpha value is -0.900. The molecule has 0 spiro atoms. The Balaban J connectivity index is 2.40. The predicted octanol–water partition coefficient (Wildman–Crippen LogP) is 1.86. The van der Waals surface area contributed by atoms with E-state index in [9.17, 15) is 0 Å².